The van der Waals surface area contributed by atoms with Gasteiger partial charge >= 0.3 is 0 Å². The van der Waals surface area contributed by atoms with Gasteiger partial charge in [0.05, 0.1) is 27.7 Å². The van der Waals surface area contributed by atoms with E-state index in [1.165, 1.54) is 83.3 Å². The Morgan fingerprint density at radius 2 is 1.13 bits per heavy atom. The molecule has 7 aromatic carbocycles. The van der Waals surface area contributed by atoms with Gasteiger partial charge in [-0.25, -0.2) is 4.98 Å². The summed E-state index contributed by atoms with van der Waals surface area (Å²) in [6, 6.07) is 64.6. The SMILES string of the molecule is C1=CC2=C(c3cccc(-c4nc5ccccc5c5cc6c(cc45)-c4ccccc4C6(c4ccccc4)c4ccccc4)c3)C=CC3=CC=C4C(c5cc6cccnc6c6ncccc56)=CC=C1C4C32. The van der Waals surface area contributed by atoms with Crippen molar-refractivity contribution >= 4 is 54.6 Å². The summed E-state index contributed by atoms with van der Waals surface area (Å²) in [5, 5.41) is 5.75. The molecule has 0 saturated carbocycles. The van der Waals surface area contributed by atoms with Crippen LogP contribution in [0.15, 0.2) is 259 Å². The van der Waals surface area contributed by atoms with Gasteiger partial charge in [-0.3, -0.25) is 9.97 Å². The van der Waals surface area contributed by atoms with Crippen molar-refractivity contribution in [3.63, 3.8) is 0 Å². The highest BCUT2D eigenvalue weighted by molar-refractivity contribution is 6.14. The molecule has 0 N–H and O–H groups in total. The second kappa shape index (κ2) is 14.6. The van der Waals surface area contributed by atoms with Crippen molar-refractivity contribution in [2.45, 2.75) is 5.41 Å². The van der Waals surface area contributed by atoms with Crippen LogP contribution in [0.4, 0.5) is 0 Å². The van der Waals surface area contributed by atoms with Gasteiger partial charge in [-0.1, -0.05) is 182 Å². The van der Waals surface area contributed by atoms with Gasteiger partial charge in [0, 0.05) is 51.3 Å². The Labute approximate surface area is 399 Å². The highest BCUT2D eigenvalue weighted by Crippen LogP contribution is 2.58. The molecule has 5 aliphatic rings. The first-order chi connectivity index (χ1) is 34.2. The molecule has 3 heteroatoms. The monoisotopic (exact) mass is 875 g/mol. The Morgan fingerprint density at radius 3 is 2.00 bits per heavy atom. The normalized spacial score (nSPS) is 18.1. The predicted molar refractivity (Wildman–Crippen MR) is 283 cm³/mol. The van der Waals surface area contributed by atoms with Gasteiger partial charge in [0.1, 0.15) is 0 Å². The molecule has 15 rings (SSSR count). The maximum absolute atomic E-state index is 5.55. The topological polar surface area (TPSA) is 38.7 Å². The number of allylic oxidation sites excluding steroid dienone is 14. The average Bonchev–Trinajstić information content (AvgIpc) is 3.71. The van der Waals surface area contributed by atoms with Crippen molar-refractivity contribution in [2.24, 2.45) is 11.8 Å². The summed E-state index contributed by atoms with van der Waals surface area (Å²) in [6.07, 6.45) is 22.6. The molecule has 2 atom stereocenters. The first kappa shape index (κ1) is 38.3. The second-order valence-electron chi connectivity index (χ2n) is 19.0. The zero-order valence-corrected chi connectivity index (χ0v) is 37.5. The second-order valence-corrected chi connectivity index (χ2v) is 19.0. The first-order valence-corrected chi connectivity index (χ1v) is 24.0. The summed E-state index contributed by atoms with van der Waals surface area (Å²) in [5.74, 6) is 0.385. The van der Waals surface area contributed by atoms with Crippen LogP contribution in [0.25, 0.3) is 77.0 Å². The lowest BCUT2D eigenvalue weighted by atomic mass is 9.61. The third kappa shape index (κ3) is 5.41. The van der Waals surface area contributed by atoms with E-state index < -0.39 is 5.41 Å². The molecule has 5 aliphatic carbocycles. The Hall–Kier alpha value is -8.79. The quantitative estimate of drug-likeness (QED) is 0.162. The molecular formula is C66H41N3. The van der Waals surface area contributed by atoms with Gasteiger partial charge in [0.2, 0.25) is 0 Å². The number of para-hydroxylation sites is 1. The zero-order chi connectivity index (χ0) is 45.2. The van der Waals surface area contributed by atoms with E-state index in [0.717, 1.165) is 49.4 Å². The number of nitrogens with zero attached hydrogens (tertiary/aromatic N) is 3. The van der Waals surface area contributed by atoms with Crippen LogP contribution >= 0.6 is 0 Å². The summed E-state index contributed by atoms with van der Waals surface area (Å²) in [5.41, 5.74) is 22.4. The van der Waals surface area contributed by atoms with E-state index in [-0.39, 0.29) is 11.8 Å². The average molecular weight is 876 g/mol. The molecule has 69 heavy (non-hydrogen) atoms. The highest BCUT2D eigenvalue weighted by atomic mass is 14.7. The molecule has 320 valence electrons. The summed E-state index contributed by atoms with van der Waals surface area (Å²) in [6.45, 7) is 0. The number of fused-ring (bicyclic) bond motifs is 9. The van der Waals surface area contributed by atoms with Crippen LogP contribution in [0.2, 0.25) is 0 Å². The molecule has 0 saturated heterocycles. The largest absolute Gasteiger partial charge is 0.254 e. The van der Waals surface area contributed by atoms with Crippen LogP contribution in [0.5, 0.6) is 0 Å². The minimum Gasteiger partial charge on any atom is -0.254 e. The summed E-state index contributed by atoms with van der Waals surface area (Å²) < 4.78 is 0. The molecule has 3 aromatic heterocycles. The molecule has 3 nitrogen and oxygen atoms in total. The van der Waals surface area contributed by atoms with E-state index in [0.29, 0.717) is 0 Å². The van der Waals surface area contributed by atoms with Crippen LogP contribution in [-0.2, 0) is 5.41 Å². The molecule has 0 aliphatic heterocycles. The number of hydrogen-bond acceptors (Lipinski definition) is 3. The van der Waals surface area contributed by atoms with Gasteiger partial charge < -0.3 is 0 Å². The molecule has 3 heterocycles. The number of benzene rings is 7. The summed E-state index contributed by atoms with van der Waals surface area (Å²) >= 11 is 0. The zero-order valence-electron chi connectivity index (χ0n) is 37.5. The minimum atomic E-state index is -0.495. The maximum atomic E-state index is 5.55. The van der Waals surface area contributed by atoms with Crippen molar-refractivity contribution in [3.8, 4) is 22.4 Å². The van der Waals surface area contributed by atoms with E-state index in [2.05, 4.69) is 212 Å². The number of rotatable bonds is 5. The van der Waals surface area contributed by atoms with Crippen LogP contribution < -0.4 is 0 Å². The summed E-state index contributed by atoms with van der Waals surface area (Å²) in [7, 11) is 0. The number of hydrogen-bond donors (Lipinski definition) is 0. The molecule has 0 spiro atoms. The molecule has 2 unspecified atom stereocenters. The molecule has 0 bridgehead atoms. The standard InChI is InChI=1S/C66H41N3/c1-3-17-45(18-4-1)66(46-19-5-2-6-20-46)58-24-9-7-21-49(58)56-38-57-55(39-59(56)66)50-22-8-10-25-60(50)69-63(57)43-15-11-14-42(36-43)47-30-26-40-29-33-52-48(31-27-41-28-32-51(47)61(40)62(41)52)54-37-44-16-12-34-67-64(44)65-53(54)23-13-35-68-65/h1-39,61-62H. The Bertz CT molecular complexity index is 4080. The van der Waals surface area contributed by atoms with Gasteiger partial charge in [-0.05, 0) is 126 Å². The number of aromatic nitrogens is 3. The van der Waals surface area contributed by atoms with E-state index in [1.807, 2.05) is 24.5 Å². The third-order valence-corrected chi connectivity index (χ3v) is 15.6. The van der Waals surface area contributed by atoms with Gasteiger partial charge in [0.15, 0.2) is 0 Å². The lowest BCUT2D eigenvalue weighted by Gasteiger charge is -2.42. The van der Waals surface area contributed by atoms with Gasteiger partial charge in [-0.2, -0.15) is 0 Å². The first-order valence-electron chi connectivity index (χ1n) is 24.0. The highest BCUT2D eigenvalue weighted by Gasteiger charge is 2.46. The Kier molecular flexibility index (Phi) is 8.11. The molecule has 0 fully saturated rings. The van der Waals surface area contributed by atoms with E-state index in [4.69, 9.17) is 15.0 Å². The van der Waals surface area contributed by atoms with Crippen LogP contribution in [0.3, 0.4) is 0 Å². The number of pyridine rings is 3. The van der Waals surface area contributed by atoms with Crippen molar-refractivity contribution in [3.05, 3.63) is 293 Å². The van der Waals surface area contributed by atoms with Crippen LogP contribution in [0, 0.1) is 11.8 Å². The molecule has 0 radical (unpaired) electrons. The van der Waals surface area contributed by atoms with E-state index >= 15 is 0 Å². The van der Waals surface area contributed by atoms with Crippen molar-refractivity contribution in [1.82, 2.24) is 15.0 Å². The fourth-order valence-electron chi connectivity index (χ4n) is 12.7. The lowest BCUT2D eigenvalue weighted by Crippen LogP contribution is -2.30. The maximum Gasteiger partial charge on any atom is 0.0970 e. The van der Waals surface area contributed by atoms with E-state index in [1.54, 1.807) is 0 Å². The van der Waals surface area contributed by atoms with Crippen LogP contribution in [-0.4, -0.2) is 15.0 Å². The third-order valence-electron chi connectivity index (χ3n) is 15.6. The molecule has 0 amide bonds. The molecule has 10 aromatic rings. The summed E-state index contributed by atoms with van der Waals surface area (Å²) in [4.78, 5) is 15.2. The van der Waals surface area contributed by atoms with Crippen molar-refractivity contribution in [1.29, 1.82) is 0 Å². The Balaban J connectivity index is 0.890. The smallest absolute Gasteiger partial charge is 0.0970 e. The fourth-order valence-corrected chi connectivity index (χ4v) is 12.7. The molecular weight excluding hydrogens is 835 g/mol. The van der Waals surface area contributed by atoms with Crippen LogP contribution in [0.1, 0.15) is 33.4 Å². The van der Waals surface area contributed by atoms with Gasteiger partial charge in [0.25, 0.3) is 0 Å². The van der Waals surface area contributed by atoms with E-state index in [9.17, 15) is 0 Å². The van der Waals surface area contributed by atoms with Crippen molar-refractivity contribution in [2.75, 3.05) is 0 Å². The van der Waals surface area contributed by atoms with Crippen molar-refractivity contribution < 1.29 is 0 Å². The Morgan fingerprint density at radius 1 is 0.420 bits per heavy atom. The van der Waals surface area contributed by atoms with Gasteiger partial charge in [-0.15, -0.1) is 0 Å². The lowest BCUT2D eigenvalue weighted by molar-refractivity contribution is 0.569. The fraction of sp³-hybridized carbons (Fsp3) is 0.0455. The predicted octanol–water partition coefficient (Wildman–Crippen LogP) is 15.5. The minimum absolute atomic E-state index is 0.192.